The Labute approximate surface area is 177 Å². The van der Waals surface area contributed by atoms with Gasteiger partial charge in [0.1, 0.15) is 6.61 Å². The van der Waals surface area contributed by atoms with Crippen LogP contribution in [0, 0.1) is 3.57 Å². The van der Waals surface area contributed by atoms with E-state index in [0.717, 1.165) is 14.7 Å². The summed E-state index contributed by atoms with van der Waals surface area (Å²) in [6.45, 7) is 0.455. The lowest BCUT2D eigenvalue weighted by molar-refractivity contribution is 0.0955. The van der Waals surface area contributed by atoms with Gasteiger partial charge in [0, 0.05) is 9.13 Å². The molecule has 3 rings (SSSR count). The van der Waals surface area contributed by atoms with Crippen LogP contribution in [0.15, 0.2) is 77.9 Å². The lowest BCUT2D eigenvalue weighted by Gasteiger charge is -2.11. The molecule has 0 heterocycles. The van der Waals surface area contributed by atoms with Crippen molar-refractivity contribution in [2.75, 3.05) is 7.11 Å². The average Bonchev–Trinajstić information content (AvgIpc) is 2.73. The number of amides is 1. The van der Waals surface area contributed by atoms with E-state index in [1.165, 1.54) is 0 Å². The lowest BCUT2D eigenvalue weighted by atomic mass is 10.2. The van der Waals surface area contributed by atoms with Gasteiger partial charge in [-0.1, -0.05) is 30.3 Å². The van der Waals surface area contributed by atoms with Crippen molar-refractivity contribution in [2.24, 2.45) is 5.10 Å². The number of benzene rings is 3. The molecule has 28 heavy (non-hydrogen) atoms. The first-order chi connectivity index (χ1) is 13.7. The van der Waals surface area contributed by atoms with Gasteiger partial charge in [-0.25, -0.2) is 5.43 Å². The summed E-state index contributed by atoms with van der Waals surface area (Å²) >= 11 is 2.19. The molecule has 1 N–H and O–H groups in total. The summed E-state index contributed by atoms with van der Waals surface area (Å²) in [5, 5.41) is 4.02. The van der Waals surface area contributed by atoms with E-state index in [1.54, 1.807) is 31.5 Å². The van der Waals surface area contributed by atoms with Crippen LogP contribution in [0.25, 0.3) is 0 Å². The van der Waals surface area contributed by atoms with Gasteiger partial charge in [0.15, 0.2) is 11.5 Å². The van der Waals surface area contributed by atoms with Gasteiger partial charge in [-0.05, 0) is 76.2 Å². The number of carbonyl (C=O) groups excluding carboxylic acids is 1. The summed E-state index contributed by atoms with van der Waals surface area (Å²) in [4.78, 5) is 12.1. The van der Waals surface area contributed by atoms with Crippen molar-refractivity contribution in [3.8, 4) is 11.5 Å². The minimum Gasteiger partial charge on any atom is -0.493 e. The Kier molecular flexibility index (Phi) is 7.02. The van der Waals surface area contributed by atoms with Crippen LogP contribution in [0.3, 0.4) is 0 Å². The number of rotatable bonds is 7. The smallest absolute Gasteiger partial charge is 0.271 e. The Morgan fingerprint density at radius 2 is 1.79 bits per heavy atom. The van der Waals surface area contributed by atoms with E-state index in [1.807, 2.05) is 54.6 Å². The van der Waals surface area contributed by atoms with Gasteiger partial charge in [-0.15, -0.1) is 0 Å². The molecule has 142 valence electrons. The van der Waals surface area contributed by atoms with E-state index < -0.39 is 0 Å². The maximum absolute atomic E-state index is 12.1. The Balaban J connectivity index is 1.61. The quantitative estimate of drug-likeness (QED) is 0.301. The highest BCUT2D eigenvalue weighted by Crippen LogP contribution is 2.28. The van der Waals surface area contributed by atoms with E-state index in [4.69, 9.17) is 9.47 Å². The van der Waals surface area contributed by atoms with Crippen LogP contribution in [0.4, 0.5) is 0 Å². The second-order valence-corrected chi connectivity index (χ2v) is 7.14. The summed E-state index contributed by atoms with van der Waals surface area (Å²) in [5.74, 6) is 0.984. The third kappa shape index (κ3) is 5.56. The minimum absolute atomic E-state index is 0.262. The Morgan fingerprint density at radius 3 is 2.50 bits per heavy atom. The maximum Gasteiger partial charge on any atom is 0.271 e. The zero-order valence-corrected chi connectivity index (χ0v) is 17.4. The molecule has 0 fully saturated rings. The van der Waals surface area contributed by atoms with Gasteiger partial charge in [0.25, 0.3) is 5.91 Å². The van der Waals surface area contributed by atoms with Crippen molar-refractivity contribution in [2.45, 2.75) is 6.61 Å². The van der Waals surface area contributed by atoms with Gasteiger partial charge in [-0.3, -0.25) is 4.79 Å². The van der Waals surface area contributed by atoms with Gasteiger partial charge in [0.05, 0.1) is 13.3 Å². The Morgan fingerprint density at radius 1 is 1.04 bits per heavy atom. The van der Waals surface area contributed by atoms with Gasteiger partial charge in [0.2, 0.25) is 0 Å². The molecule has 0 bridgehead atoms. The molecular weight excluding hydrogens is 467 g/mol. The van der Waals surface area contributed by atoms with Gasteiger partial charge < -0.3 is 9.47 Å². The molecule has 0 aliphatic carbocycles. The topological polar surface area (TPSA) is 59.9 Å². The summed E-state index contributed by atoms with van der Waals surface area (Å²) < 4.78 is 12.3. The number of hydrazone groups is 1. The molecule has 0 saturated carbocycles. The maximum atomic E-state index is 12.1. The van der Waals surface area contributed by atoms with Gasteiger partial charge >= 0.3 is 0 Å². The van der Waals surface area contributed by atoms with Gasteiger partial charge in [-0.2, -0.15) is 5.10 Å². The van der Waals surface area contributed by atoms with E-state index >= 15 is 0 Å². The van der Waals surface area contributed by atoms with Crippen molar-refractivity contribution in [3.05, 3.63) is 93.1 Å². The van der Waals surface area contributed by atoms with Crippen LogP contribution >= 0.6 is 22.6 Å². The van der Waals surface area contributed by atoms with Crippen molar-refractivity contribution in [1.82, 2.24) is 5.43 Å². The number of nitrogens with zero attached hydrogens (tertiary/aromatic N) is 1. The molecule has 0 atom stereocenters. The first-order valence-electron chi connectivity index (χ1n) is 8.59. The number of methoxy groups -OCH3 is 1. The summed E-state index contributed by atoms with van der Waals surface area (Å²) in [6, 6.07) is 22.7. The second-order valence-electron chi connectivity index (χ2n) is 5.89. The largest absolute Gasteiger partial charge is 0.493 e. The zero-order chi connectivity index (χ0) is 19.8. The standard InChI is InChI=1S/C22H19IN2O3/c1-27-21-13-17(7-12-20(21)28-15-16-5-3-2-4-6-16)14-24-25-22(26)18-8-10-19(23)11-9-18/h2-14H,15H2,1H3,(H,25,26)/b24-14-. The highest BCUT2D eigenvalue weighted by atomic mass is 127. The van der Waals surface area contributed by atoms with Crippen LogP contribution in [-0.4, -0.2) is 19.2 Å². The molecule has 0 aliphatic heterocycles. The van der Waals surface area contributed by atoms with Crippen LogP contribution in [0.2, 0.25) is 0 Å². The SMILES string of the molecule is COc1cc(/C=N\NC(=O)c2ccc(I)cc2)ccc1OCc1ccccc1. The lowest BCUT2D eigenvalue weighted by Crippen LogP contribution is -2.17. The molecular formula is C22H19IN2O3. The molecule has 0 aliphatic rings. The third-order valence-electron chi connectivity index (χ3n) is 3.91. The van der Waals surface area contributed by atoms with Crippen LogP contribution in [-0.2, 0) is 6.61 Å². The number of halogens is 1. The van der Waals surface area contributed by atoms with E-state index in [-0.39, 0.29) is 5.91 Å². The molecule has 1 amide bonds. The molecule has 0 spiro atoms. The molecule has 6 heteroatoms. The van der Waals surface area contributed by atoms with Crippen molar-refractivity contribution in [3.63, 3.8) is 0 Å². The summed E-state index contributed by atoms with van der Waals surface area (Å²) in [7, 11) is 1.59. The predicted molar refractivity (Wildman–Crippen MR) is 118 cm³/mol. The normalized spacial score (nSPS) is 10.6. The average molecular weight is 486 g/mol. The Hall–Kier alpha value is -2.87. The Bertz CT molecular complexity index is 957. The van der Waals surface area contributed by atoms with Crippen molar-refractivity contribution < 1.29 is 14.3 Å². The number of hydrogen-bond donors (Lipinski definition) is 1. The molecule has 3 aromatic carbocycles. The molecule has 0 radical (unpaired) electrons. The highest BCUT2D eigenvalue weighted by Gasteiger charge is 2.06. The van der Waals surface area contributed by atoms with E-state index in [0.29, 0.717) is 23.7 Å². The zero-order valence-electron chi connectivity index (χ0n) is 15.3. The molecule has 0 unspecified atom stereocenters. The van der Waals surface area contributed by atoms with Crippen molar-refractivity contribution >= 4 is 34.7 Å². The first-order valence-corrected chi connectivity index (χ1v) is 9.67. The molecule has 5 nitrogen and oxygen atoms in total. The monoisotopic (exact) mass is 486 g/mol. The van der Waals surface area contributed by atoms with Crippen LogP contribution in [0.5, 0.6) is 11.5 Å². The van der Waals surface area contributed by atoms with Crippen LogP contribution < -0.4 is 14.9 Å². The number of carbonyl (C=O) groups is 1. The molecule has 0 aromatic heterocycles. The fourth-order valence-electron chi connectivity index (χ4n) is 2.45. The highest BCUT2D eigenvalue weighted by molar-refractivity contribution is 14.1. The van der Waals surface area contributed by atoms with E-state index in [2.05, 4.69) is 33.1 Å². The fraction of sp³-hybridized carbons (Fsp3) is 0.0909. The van der Waals surface area contributed by atoms with E-state index in [9.17, 15) is 4.79 Å². The first kappa shape index (κ1) is 19.9. The molecule has 3 aromatic rings. The second kappa shape index (κ2) is 9.89. The molecule has 0 saturated heterocycles. The number of nitrogens with one attached hydrogen (secondary N) is 1. The summed E-state index contributed by atoms with van der Waals surface area (Å²) in [5.41, 5.74) is 4.94. The number of ether oxygens (including phenoxy) is 2. The fourth-order valence-corrected chi connectivity index (χ4v) is 2.81. The predicted octanol–water partition coefficient (Wildman–Crippen LogP) is 4.64. The number of hydrogen-bond acceptors (Lipinski definition) is 4. The minimum atomic E-state index is -0.262. The summed E-state index contributed by atoms with van der Waals surface area (Å²) in [6.07, 6.45) is 1.56. The third-order valence-corrected chi connectivity index (χ3v) is 4.63. The van der Waals surface area contributed by atoms with Crippen LogP contribution in [0.1, 0.15) is 21.5 Å². The van der Waals surface area contributed by atoms with Crippen molar-refractivity contribution in [1.29, 1.82) is 0 Å².